The van der Waals surface area contributed by atoms with E-state index in [1.165, 1.54) is 19.3 Å². The second kappa shape index (κ2) is 7.12. The lowest BCUT2D eigenvalue weighted by atomic mass is 9.95. The van der Waals surface area contributed by atoms with Crippen molar-refractivity contribution in [3.05, 3.63) is 60.2 Å². The molecule has 1 saturated carbocycles. The summed E-state index contributed by atoms with van der Waals surface area (Å²) in [6.45, 7) is 0. The largest absolute Gasteiger partial charge is 0.355 e. The number of benzene rings is 2. The fraction of sp³-hybridized carbons (Fsp3) is 0.316. The van der Waals surface area contributed by atoms with Crippen LogP contribution < -0.4 is 10.6 Å². The van der Waals surface area contributed by atoms with Crippen molar-refractivity contribution >= 4 is 17.3 Å². The summed E-state index contributed by atoms with van der Waals surface area (Å²) in [4.78, 5) is 12.6. The van der Waals surface area contributed by atoms with Crippen LogP contribution in [0.2, 0.25) is 0 Å². The fourth-order valence-corrected chi connectivity index (χ4v) is 2.98. The minimum absolute atomic E-state index is 0.0194. The number of carbonyl (C=O) groups is 1. The lowest BCUT2D eigenvalue weighted by molar-refractivity contribution is 0.0928. The third-order valence-corrected chi connectivity index (χ3v) is 4.16. The minimum Gasteiger partial charge on any atom is -0.355 e. The maximum absolute atomic E-state index is 12.6. The summed E-state index contributed by atoms with van der Waals surface area (Å²) >= 11 is 0. The lowest BCUT2D eigenvalue weighted by Crippen LogP contribution is -2.36. The Bertz CT molecular complexity index is 618. The van der Waals surface area contributed by atoms with Crippen LogP contribution in [0.15, 0.2) is 54.6 Å². The van der Waals surface area contributed by atoms with Crippen LogP contribution in [0.3, 0.4) is 0 Å². The lowest BCUT2D eigenvalue weighted by Gasteiger charge is -2.23. The number of nitrogens with one attached hydrogen (secondary N) is 2. The topological polar surface area (TPSA) is 41.1 Å². The van der Waals surface area contributed by atoms with Crippen LogP contribution in [0.4, 0.5) is 11.4 Å². The van der Waals surface area contributed by atoms with E-state index in [1.54, 1.807) is 0 Å². The van der Waals surface area contributed by atoms with Gasteiger partial charge in [0.25, 0.3) is 5.91 Å². The van der Waals surface area contributed by atoms with E-state index in [2.05, 4.69) is 10.6 Å². The third-order valence-electron chi connectivity index (χ3n) is 4.16. The van der Waals surface area contributed by atoms with Crippen LogP contribution in [-0.2, 0) is 0 Å². The Kier molecular flexibility index (Phi) is 4.74. The van der Waals surface area contributed by atoms with Gasteiger partial charge in [0, 0.05) is 11.7 Å². The molecule has 0 bridgehead atoms. The Morgan fingerprint density at radius 2 is 1.55 bits per heavy atom. The standard InChI is InChI=1S/C19H22N2O/c22-19(21-16-11-5-2-6-12-16)17-13-7-8-14-18(17)20-15-9-3-1-4-10-15/h1,3-4,7-10,13-14,16,20H,2,5-6,11-12H2,(H,21,22). The SMILES string of the molecule is O=C(NC1CCCCC1)c1ccccc1Nc1ccccc1. The smallest absolute Gasteiger partial charge is 0.253 e. The molecule has 1 fully saturated rings. The van der Waals surface area contributed by atoms with Crippen LogP contribution in [0.25, 0.3) is 0 Å². The maximum Gasteiger partial charge on any atom is 0.253 e. The zero-order chi connectivity index (χ0) is 15.2. The molecule has 2 N–H and O–H groups in total. The van der Waals surface area contributed by atoms with E-state index in [0.717, 1.165) is 24.2 Å². The maximum atomic E-state index is 12.6. The Morgan fingerprint density at radius 1 is 0.864 bits per heavy atom. The molecular weight excluding hydrogens is 272 g/mol. The van der Waals surface area contributed by atoms with Crippen molar-refractivity contribution in [1.82, 2.24) is 5.32 Å². The van der Waals surface area contributed by atoms with Crippen LogP contribution in [-0.4, -0.2) is 11.9 Å². The first-order valence-corrected chi connectivity index (χ1v) is 8.05. The summed E-state index contributed by atoms with van der Waals surface area (Å²) in [5.41, 5.74) is 2.54. The molecule has 1 aliphatic rings. The van der Waals surface area contributed by atoms with Crippen molar-refractivity contribution in [1.29, 1.82) is 0 Å². The molecule has 2 aromatic rings. The molecule has 0 unspecified atom stereocenters. The minimum atomic E-state index is 0.0194. The zero-order valence-corrected chi connectivity index (χ0v) is 12.7. The number of amides is 1. The van der Waals surface area contributed by atoms with E-state index in [9.17, 15) is 4.79 Å². The molecule has 22 heavy (non-hydrogen) atoms. The molecule has 0 aromatic heterocycles. The first-order valence-electron chi connectivity index (χ1n) is 8.05. The fourth-order valence-electron chi connectivity index (χ4n) is 2.98. The molecule has 0 aliphatic heterocycles. The molecule has 0 saturated heterocycles. The molecule has 0 heterocycles. The van der Waals surface area contributed by atoms with Gasteiger partial charge in [-0.1, -0.05) is 49.6 Å². The highest BCUT2D eigenvalue weighted by Crippen LogP contribution is 2.22. The summed E-state index contributed by atoms with van der Waals surface area (Å²) < 4.78 is 0. The van der Waals surface area contributed by atoms with E-state index in [4.69, 9.17) is 0 Å². The Morgan fingerprint density at radius 3 is 2.32 bits per heavy atom. The van der Waals surface area contributed by atoms with Gasteiger partial charge in [-0.05, 0) is 37.1 Å². The summed E-state index contributed by atoms with van der Waals surface area (Å²) in [5, 5.41) is 6.51. The van der Waals surface area contributed by atoms with Gasteiger partial charge < -0.3 is 10.6 Å². The Balaban J connectivity index is 1.74. The predicted molar refractivity (Wildman–Crippen MR) is 90.5 cm³/mol. The first kappa shape index (κ1) is 14.6. The normalized spacial score (nSPS) is 15.3. The summed E-state index contributed by atoms with van der Waals surface area (Å²) in [7, 11) is 0. The molecular formula is C19H22N2O. The number of hydrogen-bond acceptors (Lipinski definition) is 2. The second-order valence-electron chi connectivity index (χ2n) is 5.85. The van der Waals surface area contributed by atoms with Gasteiger partial charge in [0.15, 0.2) is 0 Å². The van der Waals surface area contributed by atoms with Crippen molar-refractivity contribution in [3.8, 4) is 0 Å². The molecule has 114 valence electrons. The second-order valence-corrected chi connectivity index (χ2v) is 5.85. The van der Waals surface area contributed by atoms with Crippen molar-refractivity contribution in [2.45, 2.75) is 38.1 Å². The van der Waals surface area contributed by atoms with Gasteiger partial charge in [-0.25, -0.2) is 0 Å². The molecule has 3 rings (SSSR count). The number of rotatable bonds is 4. The van der Waals surface area contributed by atoms with E-state index >= 15 is 0 Å². The van der Waals surface area contributed by atoms with Crippen molar-refractivity contribution in [3.63, 3.8) is 0 Å². The molecule has 1 amide bonds. The highest BCUT2D eigenvalue weighted by molar-refractivity contribution is 6.00. The zero-order valence-electron chi connectivity index (χ0n) is 12.7. The van der Waals surface area contributed by atoms with Gasteiger partial charge in [0.2, 0.25) is 0 Å². The predicted octanol–water partition coefficient (Wildman–Crippen LogP) is 4.49. The van der Waals surface area contributed by atoms with Gasteiger partial charge in [0.1, 0.15) is 0 Å². The van der Waals surface area contributed by atoms with Crippen molar-refractivity contribution in [2.75, 3.05) is 5.32 Å². The van der Waals surface area contributed by atoms with Gasteiger partial charge in [-0.2, -0.15) is 0 Å². The van der Waals surface area contributed by atoms with Gasteiger partial charge in [-0.3, -0.25) is 4.79 Å². The highest BCUT2D eigenvalue weighted by atomic mass is 16.1. The number of para-hydroxylation sites is 2. The summed E-state index contributed by atoms with van der Waals surface area (Å²) in [6, 6.07) is 17.9. The number of anilines is 2. The van der Waals surface area contributed by atoms with E-state index in [1.807, 2.05) is 54.6 Å². The van der Waals surface area contributed by atoms with Crippen LogP contribution >= 0.6 is 0 Å². The third kappa shape index (κ3) is 3.67. The molecule has 0 atom stereocenters. The van der Waals surface area contributed by atoms with Crippen LogP contribution in [0.1, 0.15) is 42.5 Å². The van der Waals surface area contributed by atoms with Gasteiger partial charge >= 0.3 is 0 Å². The molecule has 0 radical (unpaired) electrons. The first-order chi connectivity index (χ1) is 10.8. The highest BCUT2D eigenvalue weighted by Gasteiger charge is 2.18. The van der Waals surface area contributed by atoms with E-state index in [0.29, 0.717) is 11.6 Å². The van der Waals surface area contributed by atoms with Crippen LogP contribution in [0, 0.1) is 0 Å². The van der Waals surface area contributed by atoms with Crippen LogP contribution in [0.5, 0.6) is 0 Å². The quantitative estimate of drug-likeness (QED) is 0.872. The number of hydrogen-bond donors (Lipinski definition) is 2. The average molecular weight is 294 g/mol. The van der Waals surface area contributed by atoms with E-state index < -0.39 is 0 Å². The Hall–Kier alpha value is -2.29. The monoisotopic (exact) mass is 294 g/mol. The summed E-state index contributed by atoms with van der Waals surface area (Å²) in [5.74, 6) is 0.0194. The van der Waals surface area contributed by atoms with Gasteiger partial charge in [-0.15, -0.1) is 0 Å². The molecule has 0 spiro atoms. The van der Waals surface area contributed by atoms with E-state index in [-0.39, 0.29) is 5.91 Å². The number of carbonyl (C=O) groups excluding carboxylic acids is 1. The van der Waals surface area contributed by atoms with Crippen molar-refractivity contribution < 1.29 is 4.79 Å². The average Bonchev–Trinajstić information content (AvgIpc) is 2.57. The Labute approximate surface area is 131 Å². The summed E-state index contributed by atoms with van der Waals surface area (Å²) in [6.07, 6.45) is 5.92. The molecule has 3 heteroatoms. The molecule has 2 aromatic carbocycles. The van der Waals surface area contributed by atoms with Crippen molar-refractivity contribution in [2.24, 2.45) is 0 Å². The van der Waals surface area contributed by atoms with Gasteiger partial charge in [0.05, 0.1) is 11.3 Å². The molecule has 3 nitrogen and oxygen atoms in total. The molecule has 1 aliphatic carbocycles.